The molecule has 5 heteroatoms. The van der Waals surface area contributed by atoms with Crippen LogP contribution in [0.25, 0.3) is 10.8 Å². The lowest BCUT2D eigenvalue weighted by molar-refractivity contribution is 0.316. The van der Waals surface area contributed by atoms with Gasteiger partial charge in [-0.1, -0.05) is 60.1 Å². The highest BCUT2D eigenvalue weighted by atomic mass is 79.9. The average Bonchev–Trinajstić information content (AvgIpc) is 2.70. The maximum atomic E-state index is 4.49. The molecule has 0 radical (unpaired) electrons. The van der Waals surface area contributed by atoms with Gasteiger partial charge in [-0.2, -0.15) is 5.11 Å². The van der Waals surface area contributed by atoms with E-state index >= 15 is 0 Å². The summed E-state index contributed by atoms with van der Waals surface area (Å²) in [5, 5.41) is 14.7. The maximum Gasteiger partial charge on any atom is 0.0936 e. The van der Waals surface area contributed by atoms with E-state index in [1.165, 1.54) is 5.39 Å². The Morgan fingerprint density at radius 3 is 2.41 bits per heavy atom. The van der Waals surface area contributed by atoms with Crippen molar-refractivity contribution in [2.24, 2.45) is 10.2 Å². The molecule has 0 heterocycles. The number of benzene rings is 3. The Morgan fingerprint density at radius 2 is 1.67 bits per heavy atom. The molecule has 0 amide bonds. The summed E-state index contributed by atoms with van der Waals surface area (Å²) < 4.78 is 0.997. The molecule has 3 aromatic rings. The molecule has 0 saturated carbocycles. The third-order valence-corrected chi connectivity index (χ3v) is 5.11. The van der Waals surface area contributed by atoms with Gasteiger partial charge in [-0.3, -0.25) is 0 Å². The minimum absolute atomic E-state index is 0.829. The van der Waals surface area contributed by atoms with Crippen LogP contribution in [0.2, 0.25) is 0 Å². The van der Waals surface area contributed by atoms with Crippen molar-refractivity contribution in [1.82, 2.24) is 4.90 Å². The average molecular weight is 425 g/mol. The van der Waals surface area contributed by atoms with E-state index in [2.05, 4.69) is 74.5 Å². The fraction of sp³-hybridized carbons (Fsp3) is 0.273. The first-order valence-corrected chi connectivity index (χ1v) is 10.2. The molecule has 0 atom stereocenters. The number of azo groups is 1. The Hall–Kier alpha value is -2.24. The van der Waals surface area contributed by atoms with Crippen molar-refractivity contribution in [3.05, 3.63) is 65.1 Å². The highest BCUT2D eigenvalue weighted by molar-refractivity contribution is 9.10. The first-order valence-electron chi connectivity index (χ1n) is 9.36. The molecule has 0 aliphatic rings. The number of rotatable bonds is 8. The SMILES string of the molecule is CCN(CC)CCNc1ccc(N=Nc2cccc(Br)c2)c2ccccc12. The smallest absolute Gasteiger partial charge is 0.0936 e. The highest BCUT2D eigenvalue weighted by Gasteiger charge is 2.06. The number of fused-ring (bicyclic) bond motifs is 1. The van der Waals surface area contributed by atoms with Gasteiger partial charge in [0.15, 0.2) is 0 Å². The third kappa shape index (κ3) is 5.15. The van der Waals surface area contributed by atoms with E-state index in [1.54, 1.807) is 0 Å². The van der Waals surface area contributed by atoms with Gasteiger partial charge in [-0.25, -0.2) is 0 Å². The van der Waals surface area contributed by atoms with Gasteiger partial charge in [-0.15, -0.1) is 5.11 Å². The summed E-state index contributed by atoms with van der Waals surface area (Å²) in [7, 11) is 0. The second-order valence-electron chi connectivity index (χ2n) is 6.31. The van der Waals surface area contributed by atoms with E-state index in [-0.39, 0.29) is 0 Å². The summed E-state index contributed by atoms with van der Waals surface area (Å²) in [5.41, 5.74) is 2.84. The molecule has 3 aromatic carbocycles. The van der Waals surface area contributed by atoms with E-state index in [9.17, 15) is 0 Å². The Labute approximate surface area is 169 Å². The molecule has 140 valence electrons. The molecule has 0 aromatic heterocycles. The molecule has 27 heavy (non-hydrogen) atoms. The summed E-state index contributed by atoms with van der Waals surface area (Å²) in [4.78, 5) is 2.41. The number of likely N-dealkylation sites (N-methyl/N-ethyl adjacent to an activating group) is 1. The van der Waals surface area contributed by atoms with Crippen molar-refractivity contribution in [3.8, 4) is 0 Å². The Bertz CT molecular complexity index is 919. The molecular formula is C22H25BrN4. The lowest BCUT2D eigenvalue weighted by atomic mass is 10.1. The van der Waals surface area contributed by atoms with E-state index in [0.717, 1.165) is 53.1 Å². The molecule has 0 aliphatic carbocycles. The van der Waals surface area contributed by atoms with Crippen molar-refractivity contribution in [1.29, 1.82) is 0 Å². The van der Waals surface area contributed by atoms with E-state index in [0.29, 0.717) is 0 Å². The van der Waals surface area contributed by atoms with Crippen LogP contribution in [0, 0.1) is 0 Å². The van der Waals surface area contributed by atoms with Gasteiger partial charge in [0.2, 0.25) is 0 Å². The molecule has 0 bridgehead atoms. The summed E-state index contributed by atoms with van der Waals surface area (Å²) in [6, 6.07) is 20.3. The van der Waals surface area contributed by atoms with Crippen LogP contribution in [0.5, 0.6) is 0 Å². The Balaban J connectivity index is 1.82. The highest BCUT2D eigenvalue weighted by Crippen LogP contribution is 2.33. The van der Waals surface area contributed by atoms with Gasteiger partial charge >= 0.3 is 0 Å². The molecule has 0 fully saturated rings. The zero-order valence-electron chi connectivity index (χ0n) is 15.8. The van der Waals surface area contributed by atoms with E-state index in [4.69, 9.17) is 0 Å². The topological polar surface area (TPSA) is 40.0 Å². The van der Waals surface area contributed by atoms with Gasteiger partial charge in [0.05, 0.1) is 11.4 Å². The van der Waals surface area contributed by atoms with Crippen LogP contribution in [0.4, 0.5) is 17.1 Å². The first-order chi connectivity index (χ1) is 13.2. The van der Waals surface area contributed by atoms with Gasteiger partial charge in [-0.05, 0) is 43.4 Å². The first kappa shape index (κ1) is 19.5. The summed E-state index contributed by atoms with van der Waals surface area (Å²) >= 11 is 3.47. The minimum Gasteiger partial charge on any atom is -0.383 e. The van der Waals surface area contributed by atoms with Gasteiger partial charge in [0, 0.05) is 34.0 Å². The van der Waals surface area contributed by atoms with Gasteiger partial charge in [0.25, 0.3) is 0 Å². The van der Waals surface area contributed by atoms with Crippen molar-refractivity contribution in [2.45, 2.75) is 13.8 Å². The molecule has 0 aliphatic heterocycles. The molecule has 4 nitrogen and oxygen atoms in total. The van der Waals surface area contributed by atoms with Crippen LogP contribution >= 0.6 is 15.9 Å². The Morgan fingerprint density at radius 1 is 0.889 bits per heavy atom. The summed E-state index contributed by atoms with van der Waals surface area (Å²) in [5.74, 6) is 0. The third-order valence-electron chi connectivity index (χ3n) is 4.62. The lowest BCUT2D eigenvalue weighted by Crippen LogP contribution is -2.28. The van der Waals surface area contributed by atoms with E-state index < -0.39 is 0 Å². The van der Waals surface area contributed by atoms with Crippen LogP contribution < -0.4 is 5.32 Å². The van der Waals surface area contributed by atoms with Crippen molar-refractivity contribution in [2.75, 3.05) is 31.5 Å². The molecule has 0 unspecified atom stereocenters. The Kier molecular flexibility index (Phi) is 6.96. The van der Waals surface area contributed by atoms with Gasteiger partial charge < -0.3 is 10.2 Å². The molecule has 1 N–H and O–H groups in total. The van der Waals surface area contributed by atoms with Crippen LogP contribution in [0.1, 0.15) is 13.8 Å². The second-order valence-corrected chi connectivity index (χ2v) is 7.23. The normalized spacial score (nSPS) is 11.6. The molecule has 0 spiro atoms. The van der Waals surface area contributed by atoms with Crippen LogP contribution in [0.15, 0.2) is 75.4 Å². The zero-order valence-corrected chi connectivity index (χ0v) is 17.4. The maximum absolute atomic E-state index is 4.49. The lowest BCUT2D eigenvalue weighted by Gasteiger charge is -2.19. The second kappa shape index (κ2) is 9.62. The standard InChI is InChI=1S/C22H25BrN4/c1-3-27(4-2)15-14-24-21-12-13-22(20-11-6-5-10-19(20)21)26-25-18-9-7-8-17(23)16-18/h5-13,16,24H,3-4,14-15H2,1-2H3. The summed E-state index contributed by atoms with van der Waals surface area (Å²) in [6.07, 6.45) is 0. The predicted molar refractivity (Wildman–Crippen MR) is 119 cm³/mol. The number of halogens is 1. The largest absolute Gasteiger partial charge is 0.383 e. The molecule has 3 rings (SSSR count). The fourth-order valence-electron chi connectivity index (χ4n) is 3.06. The number of nitrogens with zero attached hydrogens (tertiary/aromatic N) is 3. The quantitative estimate of drug-likeness (QED) is 0.405. The monoisotopic (exact) mass is 424 g/mol. The number of nitrogens with one attached hydrogen (secondary N) is 1. The minimum atomic E-state index is 0.829. The number of hydrogen-bond acceptors (Lipinski definition) is 4. The fourth-order valence-corrected chi connectivity index (χ4v) is 3.45. The number of hydrogen-bond donors (Lipinski definition) is 1. The van der Waals surface area contributed by atoms with Crippen molar-refractivity contribution in [3.63, 3.8) is 0 Å². The molecular weight excluding hydrogens is 400 g/mol. The van der Waals surface area contributed by atoms with Gasteiger partial charge in [0.1, 0.15) is 0 Å². The van der Waals surface area contributed by atoms with E-state index in [1.807, 2.05) is 36.4 Å². The molecule has 0 saturated heterocycles. The van der Waals surface area contributed by atoms with Crippen molar-refractivity contribution < 1.29 is 0 Å². The zero-order chi connectivity index (χ0) is 19.1. The van der Waals surface area contributed by atoms with Crippen molar-refractivity contribution >= 4 is 43.8 Å². The van der Waals surface area contributed by atoms with Crippen LogP contribution in [-0.4, -0.2) is 31.1 Å². The van der Waals surface area contributed by atoms with Crippen LogP contribution in [0.3, 0.4) is 0 Å². The summed E-state index contributed by atoms with van der Waals surface area (Å²) in [6.45, 7) is 8.51. The predicted octanol–water partition coefficient (Wildman–Crippen LogP) is 6.77. The van der Waals surface area contributed by atoms with Crippen LogP contribution in [-0.2, 0) is 0 Å². The number of anilines is 1.